The summed E-state index contributed by atoms with van der Waals surface area (Å²) in [5, 5.41) is 5.59. The van der Waals surface area contributed by atoms with E-state index in [4.69, 9.17) is 14.0 Å². The third-order valence-electron chi connectivity index (χ3n) is 3.43. The van der Waals surface area contributed by atoms with Gasteiger partial charge in [-0.15, -0.1) is 11.3 Å². The number of hydrogen-bond acceptors (Lipinski definition) is 7. The molecule has 126 valence electrons. The molecule has 3 heterocycles. The maximum absolute atomic E-state index is 12.1. The SMILES string of the molecule is O=C(NNC(=O)c1cc(-c2cccs2)on1)c1ccc2c(c1)OCO2. The number of hydrazine groups is 1. The molecule has 3 aromatic rings. The molecule has 2 amide bonds. The first-order valence-corrected chi connectivity index (χ1v) is 8.09. The lowest BCUT2D eigenvalue weighted by Gasteiger charge is -2.06. The first-order valence-electron chi connectivity index (χ1n) is 7.21. The van der Waals surface area contributed by atoms with Gasteiger partial charge < -0.3 is 14.0 Å². The summed E-state index contributed by atoms with van der Waals surface area (Å²) in [7, 11) is 0. The Morgan fingerprint density at radius 1 is 1.04 bits per heavy atom. The van der Waals surface area contributed by atoms with Crippen LogP contribution in [0.5, 0.6) is 11.5 Å². The quantitative estimate of drug-likeness (QED) is 0.697. The number of aromatic nitrogens is 1. The Kier molecular flexibility index (Phi) is 3.82. The second-order valence-corrected chi connectivity index (χ2v) is 5.98. The molecular formula is C16H11N3O5S. The zero-order chi connectivity index (χ0) is 17.2. The fraction of sp³-hybridized carbons (Fsp3) is 0.0625. The van der Waals surface area contributed by atoms with E-state index >= 15 is 0 Å². The molecule has 0 radical (unpaired) electrons. The molecule has 25 heavy (non-hydrogen) atoms. The van der Waals surface area contributed by atoms with Crippen LogP contribution in [0.2, 0.25) is 0 Å². The molecule has 0 bridgehead atoms. The maximum atomic E-state index is 12.1. The van der Waals surface area contributed by atoms with Crippen LogP contribution in [-0.2, 0) is 0 Å². The van der Waals surface area contributed by atoms with Crippen molar-refractivity contribution in [1.29, 1.82) is 0 Å². The molecule has 1 aliphatic heterocycles. The molecule has 0 atom stereocenters. The Bertz CT molecular complexity index is 935. The Morgan fingerprint density at radius 2 is 1.88 bits per heavy atom. The van der Waals surface area contributed by atoms with E-state index in [2.05, 4.69) is 16.0 Å². The fourth-order valence-corrected chi connectivity index (χ4v) is 2.88. The van der Waals surface area contributed by atoms with Crippen molar-refractivity contribution in [1.82, 2.24) is 16.0 Å². The van der Waals surface area contributed by atoms with Gasteiger partial charge >= 0.3 is 0 Å². The molecule has 1 aliphatic rings. The summed E-state index contributed by atoms with van der Waals surface area (Å²) < 4.78 is 15.5. The van der Waals surface area contributed by atoms with Crippen molar-refractivity contribution in [3.63, 3.8) is 0 Å². The van der Waals surface area contributed by atoms with Crippen molar-refractivity contribution in [2.24, 2.45) is 0 Å². The topological polar surface area (TPSA) is 103 Å². The standard InChI is InChI=1S/C16H11N3O5S/c20-15(9-3-4-11-12(6-9)23-8-22-11)17-18-16(21)10-7-13(24-19-10)14-2-1-5-25-14/h1-7H,8H2,(H,17,20)(H,18,21). The average Bonchev–Trinajstić information content (AvgIpc) is 3.38. The van der Waals surface area contributed by atoms with Crippen LogP contribution in [0.25, 0.3) is 10.6 Å². The number of fused-ring (bicyclic) bond motifs is 1. The highest BCUT2D eigenvalue weighted by Gasteiger charge is 2.18. The zero-order valence-corrected chi connectivity index (χ0v) is 13.5. The molecule has 2 N–H and O–H groups in total. The number of carbonyl (C=O) groups excluding carboxylic acids is 2. The van der Waals surface area contributed by atoms with E-state index < -0.39 is 11.8 Å². The highest BCUT2D eigenvalue weighted by molar-refractivity contribution is 7.13. The van der Waals surface area contributed by atoms with Crippen LogP contribution in [0.3, 0.4) is 0 Å². The van der Waals surface area contributed by atoms with Crippen LogP contribution in [-0.4, -0.2) is 23.8 Å². The molecule has 1 aromatic carbocycles. The summed E-state index contributed by atoms with van der Waals surface area (Å²) in [6, 6.07) is 9.97. The largest absolute Gasteiger partial charge is 0.454 e. The molecule has 0 fully saturated rings. The average molecular weight is 357 g/mol. The van der Waals surface area contributed by atoms with E-state index in [9.17, 15) is 9.59 Å². The van der Waals surface area contributed by atoms with Gasteiger partial charge in [-0.05, 0) is 29.6 Å². The molecule has 2 aromatic heterocycles. The van der Waals surface area contributed by atoms with Gasteiger partial charge in [-0.25, -0.2) is 0 Å². The minimum atomic E-state index is -0.583. The Balaban J connectivity index is 1.39. The molecule has 0 unspecified atom stereocenters. The maximum Gasteiger partial charge on any atom is 0.291 e. The molecule has 0 spiro atoms. The van der Waals surface area contributed by atoms with Crippen molar-refractivity contribution >= 4 is 23.2 Å². The third kappa shape index (κ3) is 3.04. The first kappa shape index (κ1) is 15.2. The van der Waals surface area contributed by atoms with E-state index in [0.29, 0.717) is 22.8 Å². The summed E-state index contributed by atoms with van der Waals surface area (Å²) >= 11 is 1.47. The highest BCUT2D eigenvalue weighted by atomic mass is 32.1. The van der Waals surface area contributed by atoms with E-state index in [1.807, 2.05) is 17.5 Å². The summed E-state index contributed by atoms with van der Waals surface area (Å²) in [4.78, 5) is 25.0. The molecule has 4 rings (SSSR count). The molecule has 0 aliphatic carbocycles. The number of ether oxygens (including phenoxy) is 2. The number of carbonyl (C=O) groups is 2. The van der Waals surface area contributed by atoms with Crippen molar-refractivity contribution in [3.8, 4) is 22.1 Å². The Labute approximate surface area is 145 Å². The van der Waals surface area contributed by atoms with Gasteiger partial charge in [-0.2, -0.15) is 0 Å². The minimum Gasteiger partial charge on any atom is -0.454 e. The number of nitrogens with one attached hydrogen (secondary N) is 2. The van der Waals surface area contributed by atoms with Crippen LogP contribution >= 0.6 is 11.3 Å². The van der Waals surface area contributed by atoms with Crippen molar-refractivity contribution in [2.45, 2.75) is 0 Å². The number of thiophene rings is 1. The highest BCUT2D eigenvalue weighted by Crippen LogP contribution is 2.32. The van der Waals surface area contributed by atoms with Crippen LogP contribution in [0.1, 0.15) is 20.8 Å². The number of hydrogen-bond donors (Lipinski definition) is 2. The molecular weight excluding hydrogens is 346 g/mol. The Morgan fingerprint density at radius 3 is 2.72 bits per heavy atom. The van der Waals surface area contributed by atoms with Crippen molar-refractivity contribution in [3.05, 3.63) is 53.0 Å². The van der Waals surface area contributed by atoms with E-state index in [1.165, 1.54) is 23.5 Å². The van der Waals surface area contributed by atoms with Gasteiger partial charge in [0.1, 0.15) is 0 Å². The van der Waals surface area contributed by atoms with Gasteiger partial charge in [0, 0.05) is 11.6 Å². The van der Waals surface area contributed by atoms with Crippen molar-refractivity contribution in [2.75, 3.05) is 6.79 Å². The molecule has 8 nitrogen and oxygen atoms in total. The zero-order valence-electron chi connectivity index (χ0n) is 12.6. The number of nitrogens with zero attached hydrogens (tertiary/aromatic N) is 1. The van der Waals surface area contributed by atoms with E-state index in [1.54, 1.807) is 12.1 Å². The second kappa shape index (κ2) is 6.29. The van der Waals surface area contributed by atoms with E-state index in [-0.39, 0.29) is 12.5 Å². The number of rotatable bonds is 3. The summed E-state index contributed by atoms with van der Waals surface area (Å²) in [5.74, 6) is 0.469. The fourth-order valence-electron chi connectivity index (χ4n) is 2.20. The second-order valence-electron chi connectivity index (χ2n) is 5.03. The van der Waals surface area contributed by atoms with Crippen LogP contribution in [0, 0.1) is 0 Å². The van der Waals surface area contributed by atoms with E-state index in [0.717, 1.165) is 4.88 Å². The lowest BCUT2D eigenvalue weighted by molar-refractivity contribution is 0.0841. The van der Waals surface area contributed by atoms with Gasteiger partial charge in [0.05, 0.1) is 4.88 Å². The van der Waals surface area contributed by atoms with Gasteiger partial charge in [0.15, 0.2) is 23.0 Å². The summed E-state index contributed by atoms with van der Waals surface area (Å²) in [6.45, 7) is 0.121. The third-order valence-corrected chi connectivity index (χ3v) is 4.32. The lowest BCUT2D eigenvalue weighted by atomic mass is 10.2. The van der Waals surface area contributed by atoms with Crippen LogP contribution in [0.15, 0.2) is 46.3 Å². The first-order chi connectivity index (χ1) is 12.2. The molecule has 0 saturated heterocycles. The Hall–Kier alpha value is -3.33. The minimum absolute atomic E-state index is 0.0642. The normalized spacial score (nSPS) is 12.0. The lowest BCUT2D eigenvalue weighted by Crippen LogP contribution is -2.41. The van der Waals surface area contributed by atoms with Gasteiger partial charge in [0.2, 0.25) is 6.79 Å². The van der Waals surface area contributed by atoms with Gasteiger partial charge in [-0.3, -0.25) is 20.4 Å². The molecule has 0 saturated carbocycles. The predicted octanol–water partition coefficient (Wildman–Crippen LogP) is 2.21. The smallest absolute Gasteiger partial charge is 0.291 e. The summed E-state index contributed by atoms with van der Waals surface area (Å²) in [5.41, 5.74) is 5.00. The van der Waals surface area contributed by atoms with Gasteiger partial charge in [-0.1, -0.05) is 11.2 Å². The number of amides is 2. The molecule has 9 heteroatoms. The predicted molar refractivity (Wildman–Crippen MR) is 87.3 cm³/mol. The summed E-state index contributed by atoms with van der Waals surface area (Å²) in [6.07, 6.45) is 0. The van der Waals surface area contributed by atoms with Crippen LogP contribution < -0.4 is 20.3 Å². The van der Waals surface area contributed by atoms with Crippen molar-refractivity contribution < 1.29 is 23.6 Å². The van der Waals surface area contributed by atoms with Crippen LogP contribution in [0.4, 0.5) is 0 Å². The number of benzene rings is 1. The monoisotopic (exact) mass is 357 g/mol. The van der Waals surface area contributed by atoms with Gasteiger partial charge in [0.25, 0.3) is 11.8 Å².